The van der Waals surface area contributed by atoms with Gasteiger partial charge in [-0.1, -0.05) is 37.3 Å². The number of rotatable bonds is 10. The molecule has 222 valence electrons. The van der Waals surface area contributed by atoms with E-state index in [9.17, 15) is 18.5 Å². The molecule has 0 atom stereocenters. The Hall–Kier alpha value is -4.31. The molecule has 10 nitrogen and oxygen atoms in total. The Morgan fingerprint density at radius 3 is 2.47 bits per heavy atom. The van der Waals surface area contributed by atoms with Gasteiger partial charge in [0.1, 0.15) is 24.1 Å². The standard InChI is InChI=1S/C31H33N5O5SSi/c1-20-7-9-23(10-8-20)42(38,39)36-12-11-24-27(26(40-3)15-21(2)28(24)36)29(37)31-34-25-16-22(17-32)18-33-30(25)35(31)19-41-13-14-43(4,5)6/h7-12,15-16,18H,13-14,19H2,1-6H3. The number of pyridine rings is 1. The lowest BCUT2D eigenvalue weighted by Crippen LogP contribution is -2.22. The summed E-state index contributed by atoms with van der Waals surface area (Å²) in [5, 5.41) is 9.81. The van der Waals surface area contributed by atoms with Crippen LogP contribution in [0.2, 0.25) is 25.7 Å². The fourth-order valence-electron chi connectivity index (χ4n) is 4.91. The first-order valence-electron chi connectivity index (χ1n) is 13.8. The summed E-state index contributed by atoms with van der Waals surface area (Å²) in [5.41, 5.74) is 3.17. The van der Waals surface area contributed by atoms with Crippen molar-refractivity contribution >= 4 is 45.9 Å². The van der Waals surface area contributed by atoms with E-state index in [0.717, 1.165) is 11.6 Å². The van der Waals surface area contributed by atoms with Gasteiger partial charge in [0.25, 0.3) is 10.0 Å². The number of ketones is 1. The van der Waals surface area contributed by atoms with Crippen molar-refractivity contribution in [1.82, 2.24) is 18.5 Å². The second-order valence-corrected chi connectivity index (χ2v) is 19.1. The average molecular weight is 616 g/mol. The normalized spacial score (nSPS) is 12.1. The molecule has 0 saturated carbocycles. The molecule has 2 aromatic carbocycles. The number of aryl methyl sites for hydroxylation is 2. The van der Waals surface area contributed by atoms with Gasteiger partial charge in [0.15, 0.2) is 11.5 Å². The Bertz CT molecular complexity index is 2020. The molecule has 0 aliphatic carbocycles. The molecule has 5 aromatic rings. The lowest BCUT2D eigenvalue weighted by atomic mass is 10.0. The third-order valence-corrected chi connectivity index (χ3v) is 10.6. The predicted octanol–water partition coefficient (Wildman–Crippen LogP) is 5.66. The Morgan fingerprint density at radius 1 is 1.09 bits per heavy atom. The second kappa shape index (κ2) is 11.4. The van der Waals surface area contributed by atoms with Gasteiger partial charge in [0.2, 0.25) is 5.78 Å². The number of fused-ring (bicyclic) bond motifs is 2. The van der Waals surface area contributed by atoms with Crippen LogP contribution in [0, 0.1) is 25.2 Å². The van der Waals surface area contributed by atoms with Crippen molar-refractivity contribution < 1.29 is 22.7 Å². The zero-order valence-electron chi connectivity index (χ0n) is 25.0. The van der Waals surface area contributed by atoms with E-state index in [2.05, 4.69) is 35.7 Å². The van der Waals surface area contributed by atoms with Crippen LogP contribution in [-0.2, 0) is 21.5 Å². The van der Waals surface area contributed by atoms with Crippen LogP contribution in [-0.4, -0.2) is 54.5 Å². The zero-order chi connectivity index (χ0) is 31.1. The lowest BCUT2D eigenvalue weighted by Gasteiger charge is -2.17. The van der Waals surface area contributed by atoms with Crippen LogP contribution in [0.4, 0.5) is 0 Å². The summed E-state index contributed by atoms with van der Waals surface area (Å²) >= 11 is 0. The molecule has 0 saturated heterocycles. The van der Waals surface area contributed by atoms with Crippen LogP contribution in [0.15, 0.2) is 59.8 Å². The fourth-order valence-corrected chi connectivity index (χ4v) is 7.07. The van der Waals surface area contributed by atoms with E-state index < -0.39 is 23.9 Å². The maximum absolute atomic E-state index is 14.4. The number of aromatic nitrogens is 4. The third kappa shape index (κ3) is 5.71. The van der Waals surface area contributed by atoms with Crippen molar-refractivity contribution in [2.45, 2.75) is 51.2 Å². The summed E-state index contributed by atoms with van der Waals surface area (Å²) in [4.78, 5) is 23.5. The minimum atomic E-state index is -3.97. The van der Waals surface area contributed by atoms with Crippen LogP contribution in [0.3, 0.4) is 0 Å². The number of nitrogens with zero attached hydrogens (tertiary/aromatic N) is 5. The highest BCUT2D eigenvalue weighted by atomic mass is 32.2. The zero-order valence-corrected chi connectivity index (χ0v) is 26.8. The maximum atomic E-state index is 14.4. The molecule has 0 fully saturated rings. The molecule has 12 heteroatoms. The average Bonchev–Trinajstić information content (AvgIpc) is 3.57. The number of imidazole rings is 1. The molecule has 43 heavy (non-hydrogen) atoms. The first kappa shape index (κ1) is 30.2. The largest absolute Gasteiger partial charge is 0.496 e. The number of hydrogen-bond acceptors (Lipinski definition) is 8. The van der Waals surface area contributed by atoms with E-state index in [1.165, 1.54) is 23.5 Å². The molecule has 0 aliphatic heterocycles. The van der Waals surface area contributed by atoms with E-state index in [4.69, 9.17) is 9.47 Å². The highest BCUT2D eigenvalue weighted by Gasteiger charge is 2.29. The van der Waals surface area contributed by atoms with Crippen LogP contribution < -0.4 is 4.74 Å². The van der Waals surface area contributed by atoms with Crippen LogP contribution in [0.25, 0.3) is 22.1 Å². The van der Waals surface area contributed by atoms with Crippen molar-refractivity contribution in [2.75, 3.05) is 13.7 Å². The van der Waals surface area contributed by atoms with Crippen molar-refractivity contribution in [3.05, 3.63) is 82.9 Å². The summed E-state index contributed by atoms with van der Waals surface area (Å²) in [6.45, 7) is 11.0. The molecule has 0 aliphatic rings. The van der Waals surface area contributed by atoms with Gasteiger partial charge in [-0.2, -0.15) is 5.26 Å². The van der Waals surface area contributed by atoms with E-state index in [-0.39, 0.29) is 28.8 Å². The number of hydrogen-bond donors (Lipinski definition) is 0. The summed E-state index contributed by atoms with van der Waals surface area (Å²) < 4.78 is 41.9. The Kier molecular flexibility index (Phi) is 8.00. The van der Waals surface area contributed by atoms with Gasteiger partial charge in [-0.25, -0.2) is 22.4 Å². The van der Waals surface area contributed by atoms with Crippen molar-refractivity contribution in [3.8, 4) is 11.8 Å². The minimum Gasteiger partial charge on any atom is -0.496 e. The summed E-state index contributed by atoms with van der Waals surface area (Å²) in [6, 6.07) is 14.4. The van der Waals surface area contributed by atoms with E-state index in [1.54, 1.807) is 54.0 Å². The first-order chi connectivity index (χ1) is 20.4. The van der Waals surface area contributed by atoms with E-state index in [0.29, 0.717) is 39.8 Å². The van der Waals surface area contributed by atoms with E-state index >= 15 is 0 Å². The molecule has 0 spiro atoms. The molecule has 0 bridgehead atoms. The molecule has 0 unspecified atom stereocenters. The third-order valence-electron chi connectivity index (χ3n) is 7.25. The Morgan fingerprint density at radius 2 is 1.81 bits per heavy atom. The SMILES string of the molecule is COc1cc(C)c2c(ccn2S(=O)(=O)c2ccc(C)cc2)c1C(=O)c1nc2cc(C#N)cnc2n1COCC[Si](C)(C)C. The summed E-state index contributed by atoms with van der Waals surface area (Å²) in [7, 11) is -3.87. The molecular weight excluding hydrogens is 583 g/mol. The predicted molar refractivity (Wildman–Crippen MR) is 167 cm³/mol. The van der Waals surface area contributed by atoms with Gasteiger partial charge >= 0.3 is 0 Å². The number of carbonyl (C=O) groups excluding carboxylic acids is 1. The number of carbonyl (C=O) groups is 1. The molecule has 0 N–H and O–H groups in total. The Balaban J connectivity index is 1.67. The number of methoxy groups -OCH3 is 1. The van der Waals surface area contributed by atoms with Gasteiger partial charge in [-0.15, -0.1) is 0 Å². The molecule has 3 aromatic heterocycles. The lowest BCUT2D eigenvalue weighted by molar-refractivity contribution is 0.0831. The van der Waals surface area contributed by atoms with E-state index in [1.807, 2.05) is 6.92 Å². The number of benzene rings is 2. The smallest absolute Gasteiger partial charge is 0.268 e. The fraction of sp³-hybridized carbons (Fsp3) is 0.290. The molecule has 5 rings (SSSR count). The highest BCUT2D eigenvalue weighted by Crippen LogP contribution is 2.35. The number of ether oxygens (including phenoxy) is 2. The van der Waals surface area contributed by atoms with Crippen LogP contribution >= 0.6 is 0 Å². The topological polar surface area (TPSA) is 129 Å². The van der Waals surface area contributed by atoms with Gasteiger partial charge in [-0.3, -0.25) is 9.36 Å². The van der Waals surface area contributed by atoms with Crippen LogP contribution in [0.1, 0.15) is 32.9 Å². The number of nitriles is 1. The molecule has 3 heterocycles. The molecular formula is C31H33N5O5SSi. The van der Waals surface area contributed by atoms with Gasteiger partial charge in [0.05, 0.1) is 28.6 Å². The molecule has 0 amide bonds. The van der Waals surface area contributed by atoms with Crippen molar-refractivity contribution in [2.24, 2.45) is 0 Å². The second-order valence-electron chi connectivity index (χ2n) is 11.7. The van der Waals surface area contributed by atoms with Crippen molar-refractivity contribution in [1.29, 1.82) is 5.26 Å². The Labute approximate surface area is 251 Å². The molecule has 0 radical (unpaired) electrons. The van der Waals surface area contributed by atoms with Crippen molar-refractivity contribution in [3.63, 3.8) is 0 Å². The quantitative estimate of drug-likeness (QED) is 0.112. The minimum absolute atomic E-state index is 0.0289. The van der Waals surface area contributed by atoms with Gasteiger partial charge in [0, 0.05) is 32.5 Å². The van der Waals surface area contributed by atoms with Crippen LogP contribution in [0.5, 0.6) is 5.75 Å². The monoisotopic (exact) mass is 615 g/mol. The van der Waals surface area contributed by atoms with Gasteiger partial charge in [-0.05, 0) is 55.8 Å². The summed E-state index contributed by atoms with van der Waals surface area (Å²) in [5.74, 6) is -0.162. The first-order valence-corrected chi connectivity index (χ1v) is 18.9. The maximum Gasteiger partial charge on any atom is 0.268 e. The summed E-state index contributed by atoms with van der Waals surface area (Å²) in [6.07, 6.45) is 2.88. The highest BCUT2D eigenvalue weighted by molar-refractivity contribution is 7.90. The van der Waals surface area contributed by atoms with Gasteiger partial charge < -0.3 is 9.47 Å².